The first-order chi connectivity index (χ1) is 15.1. The van der Waals surface area contributed by atoms with Crippen molar-refractivity contribution in [1.82, 2.24) is 0 Å². The molecule has 2 aliphatic carbocycles. The SMILES string of the molecule is CC1CCC(N=Cc2cc(-c3ccccc3)cc(C3CCCCC3)c2O)CC1.[Cl][Zr][Cl]. The molecule has 0 amide bonds. The molecule has 5 heteroatoms. The third-order valence-electron chi connectivity index (χ3n) is 6.73. The Bertz CT molecular complexity index is 829. The summed E-state index contributed by atoms with van der Waals surface area (Å²) in [5.41, 5.74) is 4.42. The third kappa shape index (κ3) is 7.44. The predicted octanol–water partition coefficient (Wildman–Crippen LogP) is 8.48. The molecule has 0 saturated heterocycles. The zero-order valence-electron chi connectivity index (χ0n) is 18.4. The second kappa shape index (κ2) is 13.2. The van der Waals surface area contributed by atoms with Crippen LogP contribution in [0.3, 0.4) is 0 Å². The molecule has 0 unspecified atom stereocenters. The second-order valence-corrected chi connectivity index (χ2v) is 12.7. The molecule has 4 rings (SSSR count). The van der Waals surface area contributed by atoms with Crippen LogP contribution in [-0.2, 0) is 20.8 Å². The molecule has 0 bridgehead atoms. The van der Waals surface area contributed by atoms with Gasteiger partial charge in [0.15, 0.2) is 0 Å². The van der Waals surface area contributed by atoms with Crippen LogP contribution in [-0.4, -0.2) is 17.4 Å². The molecular formula is C26H33Cl2NOZr. The second-order valence-electron chi connectivity index (χ2n) is 8.97. The molecule has 166 valence electrons. The minimum atomic E-state index is -0.826. The van der Waals surface area contributed by atoms with Crippen molar-refractivity contribution in [2.24, 2.45) is 10.9 Å². The van der Waals surface area contributed by atoms with Gasteiger partial charge in [0.2, 0.25) is 0 Å². The molecule has 2 aromatic carbocycles. The van der Waals surface area contributed by atoms with Gasteiger partial charge < -0.3 is 5.11 Å². The van der Waals surface area contributed by atoms with E-state index in [-0.39, 0.29) is 0 Å². The Labute approximate surface area is 206 Å². The van der Waals surface area contributed by atoms with E-state index in [9.17, 15) is 5.11 Å². The molecular weight excluding hydrogens is 504 g/mol. The number of phenolic OH excluding ortho intramolecular Hbond substituents is 1. The summed E-state index contributed by atoms with van der Waals surface area (Å²) in [4.78, 5) is 4.88. The summed E-state index contributed by atoms with van der Waals surface area (Å²) < 4.78 is 0. The molecule has 2 aromatic rings. The van der Waals surface area contributed by atoms with Crippen LogP contribution < -0.4 is 0 Å². The number of nitrogens with zero attached hydrogens (tertiary/aromatic N) is 1. The van der Waals surface area contributed by atoms with E-state index in [1.165, 1.54) is 68.9 Å². The molecule has 2 aliphatic rings. The Morgan fingerprint density at radius 1 is 0.903 bits per heavy atom. The van der Waals surface area contributed by atoms with Crippen molar-refractivity contribution in [2.45, 2.75) is 76.7 Å². The van der Waals surface area contributed by atoms with Crippen molar-refractivity contribution in [2.75, 3.05) is 0 Å². The van der Waals surface area contributed by atoms with E-state index in [2.05, 4.69) is 49.4 Å². The van der Waals surface area contributed by atoms with Crippen LogP contribution in [0.5, 0.6) is 5.75 Å². The van der Waals surface area contributed by atoms with Crippen LogP contribution in [0.15, 0.2) is 47.5 Å². The standard InChI is InChI=1S/C26H33NO.2ClH.Zr/c1-19-12-14-24(15-13-19)27-18-23-16-22(20-8-4-2-5-9-20)17-25(26(23)28)21-10-6-3-7-11-21;;;/h2,4-5,8-9,16-19,21,24,28H,3,6-7,10-15H2,1H3;2*1H;/q;;;+2/p-2. The summed E-state index contributed by atoms with van der Waals surface area (Å²) >= 11 is -0.826. The van der Waals surface area contributed by atoms with Gasteiger partial charge in [-0.1, -0.05) is 56.5 Å². The van der Waals surface area contributed by atoms with Crippen LogP contribution in [0, 0.1) is 5.92 Å². The van der Waals surface area contributed by atoms with Crippen molar-refractivity contribution in [3.05, 3.63) is 53.6 Å². The zero-order valence-corrected chi connectivity index (χ0v) is 22.3. The number of aliphatic imine (C=N–C) groups is 1. The van der Waals surface area contributed by atoms with Gasteiger partial charge >= 0.3 is 37.9 Å². The molecule has 0 aromatic heterocycles. The molecule has 0 aliphatic heterocycles. The fourth-order valence-corrected chi connectivity index (χ4v) is 4.88. The summed E-state index contributed by atoms with van der Waals surface area (Å²) in [6.07, 6.45) is 13.1. The first-order valence-electron chi connectivity index (χ1n) is 11.5. The molecule has 0 atom stereocenters. The van der Waals surface area contributed by atoms with Crippen molar-refractivity contribution in [3.8, 4) is 16.9 Å². The number of hydrogen-bond donors (Lipinski definition) is 1. The van der Waals surface area contributed by atoms with Crippen LogP contribution in [0.2, 0.25) is 0 Å². The van der Waals surface area contributed by atoms with Gasteiger partial charge in [-0.05, 0) is 79.2 Å². The Hall–Kier alpha value is -0.627. The van der Waals surface area contributed by atoms with Crippen LogP contribution in [0.25, 0.3) is 11.1 Å². The topological polar surface area (TPSA) is 32.6 Å². The predicted molar refractivity (Wildman–Crippen MR) is 130 cm³/mol. The van der Waals surface area contributed by atoms with E-state index >= 15 is 0 Å². The van der Waals surface area contributed by atoms with Gasteiger partial charge in [0.25, 0.3) is 0 Å². The van der Waals surface area contributed by atoms with Crippen molar-refractivity contribution < 1.29 is 26.0 Å². The first kappa shape index (κ1) is 25.0. The molecule has 2 nitrogen and oxygen atoms in total. The molecule has 1 N–H and O–H groups in total. The fourth-order valence-electron chi connectivity index (χ4n) is 4.88. The molecule has 31 heavy (non-hydrogen) atoms. The summed E-state index contributed by atoms with van der Waals surface area (Å²) in [7, 11) is 9.87. The van der Waals surface area contributed by atoms with Gasteiger partial charge in [-0.25, -0.2) is 0 Å². The quantitative estimate of drug-likeness (QED) is 0.390. The van der Waals surface area contributed by atoms with E-state index < -0.39 is 20.8 Å². The third-order valence-corrected chi connectivity index (χ3v) is 6.73. The van der Waals surface area contributed by atoms with E-state index in [4.69, 9.17) is 22.0 Å². The van der Waals surface area contributed by atoms with Gasteiger partial charge in [0.1, 0.15) is 5.75 Å². The van der Waals surface area contributed by atoms with Crippen molar-refractivity contribution in [1.29, 1.82) is 0 Å². The van der Waals surface area contributed by atoms with E-state index in [0.717, 1.165) is 17.0 Å². The van der Waals surface area contributed by atoms with Crippen LogP contribution in [0.1, 0.15) is 81.8 Å². The molecule has 2 fully saturated rings. The van der Waals surface area contributed by atoms with E-state index in [1.807, 2.05) is 6.21 Å². The monoisotopic (exact) mass is 535 g/mol. The Balaban J connectivity index is 0.000000858. The number of phenols is 1. The zero-order chi connectivity index (χ0) is 22.1. The molecule has 0 spiro atoms. The van der Waals surface area contributed by atoms with Gasteiger partial charge in [-0.3, -0.25) is 4.99 Å². The Morgan fingerprint density at radius 2 is 1.55 bits per heavy atom. The summed E-state index contributed by atoms with van der Waals surface area (Å²) in [5.74, 6) is 1.76. The minimum absolute atomic E-state index is 0.411. The molecule has 0 heterocycles. The van der Waals surface area contributed by atoms with Gasteiger partial charge in [-0.15, -0.1) is 0 Å². The number of halogens is 2. The van der Waals surface area contributed by atoms with Crippen molar-refractivity contribution >= 4 is 23.2 Å². The summed E-state index contributed by atoms with van der Waals surface area (Å²) in [6, 6.07) is 15.3. The van der Waals surface area contributed by atoms with Crippen LogP contribution in [0.4, 0.5) is 0 Å². The van der Waals surface area contributed by atoms with Gasteiger partial charge in [-0.2, -0.15) is 0 Å². The van der Waals surface area contributed by atoms with E-state index in [1.54, 1.807) is 0 Å². The normalized spacial score (nSPS) is 22.0. The Kier molecular flexibility index (Phi) is 10.6. The number of hydrogen-bond acceptors (Lipinski definition) is 2. The average Bonchev–Trinajstić information content (AvgIpc) is 2.81. The fraction of sp³-hybridized carbons (Fsp3) is 0.500. The first-order valence-corrected chi connectivity index (χ1v) is 17.9. The van der Waals surface area contributed by atoms with Crippen molar-refractivity contribution in [3.63, 3.8) is 0 Å². The maximum absolute atomic E-state index is 11.1. The average molecular weight is 538 g/mol. The van der Waals surface area contributed by atoms with Crippen LogP contribution >= 0.6 is 17.0 Å². The van der Waals surface area contributed by atoms with Gasteiger partial charge in [0, 0.05) is 17.8 Å². The number of benzene rings is 2. The maximum atomic E-state index is 11.1. The molecule has 0 radical (unpaired) electrons. The number of rotatable bonds is 4. The summed E-state index contributed by atoms with van der Waals surface area (Å²) in [6.45, 7) is 2.34. The number of aromatic hydroxyl groups is 1. The van der Waals surface area contributed by atoms with Gasteiger partial charge in [0.05, 0.1) is 0 Å². The summed E-state index contributed by atoms with van der Waals surface area (Å²) in [5, 5.41) is 11.1. The van der Waals surface area contributed by atoms with E-state index in [0.29, 0.717) is 17.7 Å². The Morgan fingerprint density at radius 3 is 2.19 bits per heavy atom. The molecule has 2 saturated carbocycles.